The largest absolute Gasteiger partial charge is 0.326 e. The number of imidazole rings is 1. The SMILES string of the molecule is CSCCn1c(CCl)nc2cc(Br)ccc21. The van der Waals surface area contributed by atoms with E-state index in [0.717, 1.165) is 33.6 Å². The summed E-state index contributed by atoms with van der Waals surface area (Å²) >= 11 is 11.2. The number of nitrogens with zero attached hydrogens (tertiary/aromatic N) is 2. The first-order chi connectivity index (χ1) is 7.76. The number of benzene rings is 1. The lowest BCUT2D eigenvalue weighted by atomic mass is 10.3. The summed E-state index contributed by atoms with van der Waals surface area (Å²) in [5.74, 6) is 2.48. The van der Waals surface area contributed by atoms with Crippen LogP contribution >= 0.6 is 39.3 Å². The van der Waals surface area contributed by atoms with Crippen LogP contribution in [-0.2, 0) is 12.4 Å². The first-order valence-corrected chi connectivity index (χ1v) is 7.68. The average molecular weight is 320 g/mol. The number of thioether (sulfide) groups is 1. The molecule has 2 aromatic rings. The third kappa shape index (κ3) is 2.39. The van der Waals surface area contributed by atoms with E-state index in [9.17, 15) is 0 Å². The number of aryl methyl sites for hydroxylation is 1. The molecule has 0 saturated carbocycles. The minimum Gasteiger partial charge on any atom is -0.326 e. The van der Waals surface area contributed by atoms with E-state index in [1.807, 2.05) is 23.9 Å². The quantitative estimate of drug-likeness (QED) is 0.795. The summed E-state index contributed by atoms with van der Waals surface area (Å²) in [6.07, 6.45) is 2.11. The fourth-order valence-electron chi connectivity index (χ4n) is 1.69. The van der Waals surface area contributed by atoms with Gasteiger partial charge in [-0.1, -0.05) is 15.9 Å². The van der Waals surface area contributed by atoms with Gasteiger partial charge < -0.3 is 4.57 Å². The molecule has 5 heteroatoms. The number of aromatic nitrogens is 2. The number of halogens is 2. The Kier molecular flexibility index (Phi) is 4.16. The lowest BCUT2D eigenvalue weighted by Crippen LogP contribution is -2.04. The molecule has 0 amide bonds. The average Bonchev–Trinajstić information content (AvgIpc) is 2.63. The Morgan fingerprint density at radius 1 is 1.50 bits per heavy atom. The van der Waals surface area contributed by atoms with Gasteiger partial charge in [-0.15, -0.1) is 11.6 Å². The molecule has 0 atom stereocenters. The molecule has 0 saturated heterocycles. The molecular formula is C11H12BrClN2S. The molecule has 86 valence electrons. The Morgan fingerprint density at radius 2 is 2.31 bits per heavy atom. The highest BCUT2D eigenvalue weighted by molar-refractivity contribution is 9.10. The number of hydrogen-bond acceptors (Lipinski definition) is 2. The lowest BCUT2D eigenvalue weighted by Gasteiger charge is -2.05. The van der Waals surface area contributed by atoms with Crippen molar-refractivity contribution in [2.75, 3.05) is 12.0 Å². The summed E-state index contributed by atoms with van der Waals surface area (Å²) in [6, 6.07) is 6.15. The monoisotopic (exact) mass is 318 g/mol. The van der Waals surface area contributed by atoms with Crippen molar-refractivity contribution in [3.63, 3.8) is 0 Å². The lowest BCUT2D eigenvalue weighted by molar-refractivity contribution is 0.755. The standard InChI is InChI=1S/C11H12BrClN2S/c1-16-5-4-15-10-3-2-8(12)6-9(10)14-11(15)7-13/h2-3,6H,4-5,7H2,1H3. The van der Waals surface area contributed by atoms with Crippen LogP contribution in [0.5, 0.6) is 0 Å². The Balaban J connectivity index is 2.50. The van der Waals surface area contributed by atoms with E-state index in [1.165, 1.54) is 0 Å². The predicted octanol–water partition coefficient (Wildman–Crippen LogP) is 3.90. The normalized spacial score (nSPS) is 11.2. The third-order valence-electron chi connectivity index (χ3n) is 2.43. The molecule has 1 heterocycles. The van der Waals surface area contributed by atoms with Crippen LogP contribution in [0.3, 0.4) is 0 Å². The summed E-state index contributed by atoms with van der Waals surface area (Å²) in [7, 11) is 0. The maximum Gasteiger partial charge on any atom is 0.124 e. The minimum absolute atomic E-state index is 0.459. The zero-order valence-corrected chi connectivity index (χ0v) is 12.1. The third-order valence-corrected chi connectivity index (χ3v) is 3.75. The summed E-state index contributed by atoms with van der Waals surface area (Å²) in [5.41, 5.74) is 2.17. The van der Waals surface area contributed by atoms with E-state index in [-0.39, 0.29) is 0 Å². The van der Waals surface area contributed by atoms with Gasteiger partial charge in [-0.05, 0) is 24.5 Å². The van der Waals surface area contributed by atoms with Gasteiger partial charge in [0.05, 0.1) is 16.9 Å². The van der Waals surface area contributed by atoms with Crippen molar-refractivity contribution in [3.8, 4) is 0 Å². The van der Waals surface area contributed by atoms with Gasteiger partial charge in [-0.25, -0.2) is 4.98 Å². The second-order valence-electron chi connectivity index (χ2n) is 3.44. The Hall–Kier alpha value is -0.190. The van der Waals surface area contributed by atoms with Crippen LogP contribution in [0, 0.1) is 0 Å². The van der Waals surface area contributed by atoms with Gasteiger partial charge in [0.2, 0.25) is 0 Å². The van der Waals surface area contributed by atoms with Gasteiger partial charge in [0.15, 0.2) is 0 Å². The molecule has 0 aliphatic carbocycles. The maximum atomic E-state index is 5.92. The van der Waals surface area contributed by atoms with E-state index in [4.69, 9.17) is 11.6 Å². The second-order valence-corrected chi connectivity index (χ2v) is 5.61. The van der Waals surface area contributed by atoms with E-state index in [1.54, 1.807) is 0 Å². The summed E-state index contributed by atoms with van der Waals surface area (Å²) < 4.78 is 3.25. The molecule has 2 nitrogen and oxygen atoms in total. The number of rotatable bonds is 4. The van der Waals surface area contributed by atoms with Crippen LogP contribution in [0.1, 0.15) is 5.82 Å². The summed E-state index contributed by atoms with van der Waals surface area (Å²) in [6.45, 7) is 0.960. The number of fused-ring (bicyclic) bond motifs is 1. The van der Waals surface area contributed by atoms with Gasteiger partial charge in [0.1, 0.15) is 5.82 Å². The molecule has 0 aliphatic heterocycles. The first kappa shape index (κ1) is 12.3. The topological polar surface area (TPSA) is 17.8 Å². The second kappa shape index (κ2) is 5.43. The van der Waals surface area contributed by atoms with Crippen LogP contribution in [0.4, 0.5) is 0 Å². The Morgan fingerprint density at radius 3 is 3.00 bits per heavy atom. The maximum absolute atomic E-state index is 5.92. The van der Waals surface area contributed by atoms with E-state index in [0.29, 0.717) is 5.88 Å². The molecule has 2 rings (SSSR count). The van der Waals surface area contributed by atoms with Crippen molar-refractivity contribution in [3.05, 3.63) is 28.5 Å². The zero-order chi connectivity index (χ0) is 11.5. The molecule has 0 unspecified atom stereocenters. The summed E-state index contributed by atoms with van der Waals surface area (Å²) in [5, 5.41) is 0. The van der Waals surface area contributed by atoms with Gasteiger partial charge in [-0.3, -0.25) is 0 Å². The highest BCUT2D eigenvalue weighted by atomic mass is 79.9. The van der Waals surface area contributed by atoms with Gasteiger partial charge >= 0.3 is 0 Å². The van der Waals surface area contributed by atoms with Crippen molar-refractivity contribution < 1.29 is 0 Å². The smallest absolute Gasteiger partial charge is 0.124 e. The van der Waals surface area contributed by atoms with Gasteiger partial charge in [-0.2, -0.15) is 11.8 Å². The molecular weight excluding hydrogens is 308 g/mol. The van der Waals surface area contributed by atoms with Crippen LogP contribution < -0.4 is 0 Å². The molecule has 0 N–H and O–H groups in total. The molecule has 1 aromatic carbocycles. The minimum atomic E-state index is 0.459. The molecule has 0 radical (unpaired) electrons. The van der Waals surface area contributed by atoms with Crippen molar-refractivity contribution in [2.24, 2.45) is 0 Å². The summed E-state index contributed by atoms with van der Waals surface area (Å²) in [4.78, 5) is 4.54. The molecule has 16 heavy (non-hydrogen) atoms. The molecule has 0 aliphatic rings. The Bertz CT molecular complexity index is 498. The Labute approximate surface area is 113 Å². The first-order valence-electron chi connectivity index (χ1n) is 4.96. The van der Waals surface area contributed by atoms with Crippen molar-refractivity contribution in [2.45, 2.75) is 12.4 Å². The molecule has 0 fully saturated rings. The fraction of sp³-hybridized carbons (Fsp3) is 0.364. The van der Waals surface area contributed by atoms with Crippen LogP contribution in [0.15, 0.2) is 22.7 Å². The fourth-order valence-corrected chi connectivity index (χ4v) is 2.61. The van der Waals surface area contributed by atoms with Crippen LogP contribution in [-0.4, -0.2) is 21.6 Å². The van der Waals surface area contributed by atoms with E-state index < -0.39 is 0 Å². The zero-order valence-electron chi connectivity index (χ0n) is 8.91. The highest BCUT2D eigenvalue weighted by Crippen LogP contribution is 2.22. The van der Waals surface area contributed by atoms with Crippen molar-refractivity contribution >= 4 is 50.3 Å². The van der Waals surface area contributed by atoms with E-state index >= 15 is 0 Å². The van der Waals surface area contributed by atoms with Crippen LogP contribution in [0.25, 0.3) is 11.0 Å². The molecule has 1 aromatic heterocycles. The predicted molar refractivity (Wildman–Crippen MR) is 75.4 cm³/mol. The highest BCUT2D eigenvalue weighted by Gasteiger charge is 2.09. The van der Waals surface area contributed by atoms with Crippen molar-refractivity contribution in [1.29, 1.82) is 0 Å². The van der Waals surface area contributed by atoms with Crippen molar-refractivity contribution in [1.82, 2.24) is 9.55 Å². The van der Waals surface area contributed by atoms with Gasteiger partial charge in [0, 0.05) is 16.8 Å². The van der Waals surface area contributed by atoms with Gasteiger partial charge in [0.25, 0.3) is 0 Å². The number of hydrogen-bond donors (Lipinski definition) is 0. The van der Waals surface area contributed by atoms with Crippen LogP contribution in [0.2, 0.25) is 0 Å². The molecule has 0 bridgehead atoms. The van der Waals surface area contributed by atoms with E-state index in [2.05, 4.69) is 37.8 Å². The molecule has 0 spiro atoms. The number of alkyl halides is 1.